The zero-order chi connectivity index (χ0) is 18.0. The molecule has 5 heteroatoms. The van der Waals surface area contributed by atoms with Crippen LogP contribution < -0.4 is 4.90 Å². The molecular weight excluding hydrogens is 336 g/mol. The Morgan fingerprint density at radius 1 is 1.20 bits per heavy atom. The van der Waals surface area contributed by atoms with Crippen molar-refractivity contribution in [3.63, 3.8) is 0 Å². The van der Waals surface area contributed by atoms with Gasteiger partial charge in [-0.15, -0.1) is 0 Å². The second-order valence-electron chi connectivity index (χ2n) is 6.54. The first kappa shape index (κ1) is 17.5. The van der Waals surface area contributed by atoms with Crippen molar-refractivity contribution in [3.05, 3.63) is 64.7 Å². The van der Waals surface area contributed by atoms with Gasteiger partial charge in [0.15, 0.2) is 0 Å². The van der Waals surface area contributed by atoms with Crippen LogP contribution in [0.25, 0.3) is 0 Å². The Hall–Kier alpha value is -2.33. The van der Waals surface area contributed by atoms with Crippen molar-refractivity contribution < 1.29 is 9.59 Å². The molecule has 2 aromatic carbocycles. The van der Waals surface area contributed by atoms with E-state index in [9.17, 15) is 9.59 Å². The van der Waals surface area contributed by atoms with Gasteiger partial charge in [0.2, 0.25) is 11.8 Å². The van der Waals surface area contributed by atoms with E-state index >= 15 is 0 Å². The number of amides is 2. The smallest absolute Gasteiger partial charge is 0.228 e. The number of hydrogen-bond donors (Lipinski definition) is 0. The van der Waals surface area contributed by atoms with E-state index < -0.39 is 0 Å². The first-order valence-corrected chi connectivity index (χ1v) is 8.69. The summed E-state index contributed by atoms with van der Waals surface area (Å²) in [6.45, 7) is 2.95. The Kier molecular flexibility index (Phi) is 5.09. The minimum absolute atomic E-state index is 0.0107. The van der Waals surface area contributed by atoms with Crippen molar-refractivity contribution in [2.24, 2.45) is 5.92 Å². The number of rotatable bonds is 4. The highest BCUT2D eigenvalue weighted by atomic mass is 35.5. The third-order valence-electron chi connectivity index (χ3n) is 4.53. The molecule has 2 amide bonds. The molecule has 0 spiro atoms. The van der Waals surface area contributed by atoms with Gasteiger partial charge in [0.05, 0.1) is 16.6 Å². The van der Waals surface area contributed by atoms with E-state index in [0.717, 1.165) is 5.56 Å². The lowest BCUT2D eigenvalue weighted by Gasteiger charge is -2.22. The Morgan fingerprint density at radius 3 is 2.56 bits per heavy atom. The molecule has 1 atom stereocenters. The van der Waals surface area contributed by atoms with E-state index in [0.29, 0.717) is 23.8 Å². The maximum atomic E-state index is 12.7. The van der Waals surface area contributed by atoms with Crippen LogP contribution in [0.4, 0.5) is 5.69 Å². The first-order valence-electron chi connectivity index (χ1n) is 8.31. The zero-order valence-corrected chi connectivity index (χ0v) is 15.2. The number of aryl methyl sites for hydroxylation is 1. The van der Waals surface area contributed by atoms with Crippen molar-refractivity contribution in [2.75, 3.05) is 18.5 Å². The first-order chi connectivity index (χ1) is 12.0. The van der Waals surface area contributed by atoms with Crippen LogP contribution in [0.15, 0.2) is 48.5 Å². The van der Waals surface area contributed by atoms with Gasteiger partial charge in [-0.1, -0.05) is 53.6 Å². The van der Waals surface area contributed by atoms with Crippen LogP contribution in [-0.2, 0) is 16.1 Å². The molecule has 0 aliphatic carbocycles. The normalized spacial score (nSPS) is 17.0. The van der Waals surface area contributed by atoms with Crippen molar-refractivity contribution >= 4 is 29.1 Å². The highest BCUT2D eigenvalue weighted by Gasteiger charge is 2.37. The number of carbonyl (C=O) groups is 2. The summed E-state index contributed by atoms with van der Waals surface area (Å²) in [6, 6.07) is 15.3. The lowest BCUT2D eigenvalue weighted by atomic mass is 10.1. The van der Waals surface area contributed by atoms with Crippen molar-refractivity contribution in [1.82, 2.24) is 4.90 Å². The van der Waals surface area contributed by atoms with E-state index in [2.05, 4.69) is 0 Å². The maximum absolute atomic E-state index is 12.7. The Morgan fingerprint density at radius 2 is 1.88 bits per heavy atom. The topological polar surface area (TPSA) is 40.6 Å². The quantitative estimate of drug-likeness (QED) is 0.838. The lowest BCUT2D eigenvalue weighted by Crippen LogP contribution is -2.34. The summed E-state index contributed by atoms with van der Waals surface area (Å²) >= 11 is 6.19. The molecule has 1 heterocycles. The van der Waals surface area contributed by atoms with Gasteiger partial charge in [0.25, 0.3) is 0 Å². The Bertz CT molecular complexity index is 789. The average Bonchev–Trinajstić information content (AvgIpc) is 2.98. The van der Waals surface area contributed by atoms with Gasteiger partial charge in [0.1, 0.15) is 0 Å². The van der Waals surface area contributed by atoms with Crippen LogP contribution in [0.1, 0.15) is 17.5 Å². The van der Waals surface area contributed by atoms with E-state index in [1.54, 1.807) is 22.9 Å². The molecule has 0 aromatic heterocycles. The number of para-hydroxylation sites is 1. The SMILES string of the molecule is Cc1ccc(CN(C)C(=O)C2CC(=O)N(c3ccccc3Cl)C2)cc1. The van der Waals surface area contributed by atoms with Gasteiger partial charge >= 0.3 is 0 Å². The van der Waals surface area contributed by atoms with Crippen LogP contribution in [0, 0.1) is 12.8 Å². The summed E-state index contributed by atoms with van der Waals surface area (Å²) in [7, 11) is 1.78. The Labute approximate surface area is 153 Å². The van der Waals surface area contributed by atoms with Crippen molar-refractivity contribution in [3.8, 4) is 0 Å². The molecule has 4 nitrogen and oxygen atoms in total. The molecule has 130 valence electrons. The second-order valence-corrected chi connectivity index (χ2v) is 6.94. The van der Waals surface area contributed by atoms with Gasteiger partial charge in [-0.05, 0) is 24.6 Å². The average molecular weight is 357 g/mol. The van der Waals surface area contributed by atoms with Crippen LogP contribution in [0.3, 0.4) is 0 Å². The number of halogens is 1. The van der Waals surface area contributed by atoms with E-state index in [-0.39, 0.29) is 24.2 Å². The fraction of sp³-hybridized carbons (Fsp3) is 0.300. The third-order valence-corrected chi connectivity index (χ3v) is 4.85. The maximum Gasteiger partial charge on any atom is 0.228 e. The largest absolute Gasteiger partial charge is 0.341 e. The van der Waals surface area contributed by atoms with Crippen molar-refractivity contribution in [1.29, 1.82) is 0 Å². The predicted molar refractivity (Wildman–Crippen MR) is 99.6 cm³/mol. The fourth-order valence-electron chi connectivity index (χ4n) is 3.13. The number of anilines is 1. The Balaban J connectivity index is 1.68. The molecule has 0 bridgehead atoms. The van der Waals surface area contributed by atoms with Gasteiger partial charge in [-0.2, -0.15) is 0 Å². The molecule has 1 fully saturated rings. The highest BCUT2D eigenvalue weighted by molar-refractivity contribution is 6.33. The molecule has 25 heavy (non-hydrogen) atoms. The van der Waals surface area contributed by atoms with Crippen LogP contribution in [0.2, 0.25) is 5.02 Å². The van der Waals surface area contributed by atoms with E-state index in [4.69, 9.17) is 11.6 Å². The predicted octanol–water partition coefficient (Wildman–Crippen LogP) is 3.66. The summed E-state index contributed by atoms with van der Waals surface area (Å²) in [5.41, 5.74) is 2.94. The monoisotopic (exact) mass is 356 g/mol. The van der Waals surface area contributed by atoms with Crippen LogP contribution in [0.5, 0.6) is 0 Å². The lowest BCUT2D eigenvalue weighted by molar-refractivity contribution is -0.135. The van der Waals surface area contributed by atoms with Crippen molar-refractivity contribution in [2.45, 2.75) is 19.9 Å². The van der Waals surface area contributed by atoms with Crippen LogP contribution >= 0.6 is 11.6 Å². The van der Waals surface area contributed by atoms with Crippen LogP contribution in [-0.4, -0.2) is 30.3 Å². The molecule has 3 rings (SSSR count). The minimum Gasteiger partial charge on any atom is -0.341 e. The molecule has 1 aliphatic rings. The fourth-order valence-corrected chi connectivity index (χ4v) is 3.37. The molecular formula is C20H21ClN2O2. The molecule has 2 aromatic rings. The van der Waals surface area contributed by atoms with Gasteiger partial charge in [0, 0.05) is 26.6 Å². The highest BCUT2D eigenvalue weighted by Crippen LogP contribution is 2.31. The minimum atomic E-state index is -0.334. The molecule has 0 saturated carbocycles. The summed E-state index contributed by atoms with van der Waals surface area (Å²) in [5, 5.41) is 0.525. The second kappa shape index (κ2) is 7.28. The number of hydrogen-bond acceptors (Lipinski definition) is 2. The van der Waals surface area contributed by atoms with Gasteiger partial charge < -0.3 is 9.80 Å². The molecule has 1 saturated heterocycles. The summed E-state index contributed by atoms with van der Waals surface area (Å²) in [6.07, 6.45) is 0.224. The van der Waals surface area contributed by atoms with E-state index in [1.807, 2.05) is 49.4 Å². The van der Waals surface area contributed by atoms with Gasteiger partial charge in [-0.25, -0.2) is 0 Å². The van der Waals surface area contributed by atoms with Gasteiger partial charge in [-0.3, -0.25) is 9.59 Å². The third kappa shape index (κ3) is 3.85. The standard InChI is InChI=1S/C20H21ClN2O2/c1-14-7-9-15(10-8-14)12-22(2)20(25)16-11-19(24)23(13-16)18-6-4-3-5-17(18)21/h3-10,16H,11-13H2,1-2H3. The molecule has 1 aliphatic heterocycles. The number of carbonyl (C=O) groups excluding carboxylic acids is 2. The summed E-state index contributed by atoms with van der Waals surface area (Å²) in [5.74, 6) is -0.405. The number of nitrogens with zero attached hydrogens (tertiary/aromatic N) is 2. The molecule has 0 radical (unpaired) electrons. The molecule has 1 unspecified atom stereocenters. The summed E-state index contributed by atoms with van der Waals surface area (Å²) in [4.78, 5) is 28.4. The number of benzene rings is 2. The zero-order valence-electron chi connectivity index (χ0n) is 14.4. The summed E-state index contributed by atoms with van der Waals surface area (Å²) < 4.78 is 0. The van der Waals surface area contributed by atoms with E-state index in [1.165, 1.54) is 5.56 Å². The molecule has 0 N–H and O–H groups in total.